The summed E-state index contributed by atoms with van der Waals surface area (Å²) in [7, 11) is 0. The lowest BCUT2D eigenvalue weighted by molar-refractivity contribution is 0.101. The Balaban J connectivity index is 1.70. The third-order valence-corrected chi connectivity index (χ3v) is 5.38. The fourth-order valence-corrected chi connectivity index (χ4v) is 3.21. The zero-order valence-corrected chi connectivity index (χ0v) is 17.7. The van der Waals surface area contributed by atoms with Crippen LogP contribution in [0.3, 0.4) is 0 Å². The number of para-hydroxylation sites is 2. The molecule has 26 heavy (non-hydrogen) atoms. The first-order chi connectivity index (χ1) is 12.5. The number of benzene rings is 2. The number of pyridine rings is 1. The van der Waals surface area contributed by atoms with E-state index < -0.39 is 0 Å². The zero-order valence-electron chi connectivity index (χ0n) is 13.4. The van der Waals surface area contributed by atoms with Crippen molar-refractivity contribution in [3.05, 3.63) is 85.3 Å². The van der Waals surface area contributed by atoms with Gasteiger partial charge in [0.15, 0.2) is 0 Å². The van der Waals surface area contributed by atoms with E-state index in [9.17, 15) is 9.59 Å². The van der Waals surface area contributed by atoms with Crippen molar-refractivity contribution >= 4 is 68.4 Å². The van der Waals surface area contributed by atoms with Gasteiger partial charge in [0.2, 0.25) is 0 Å². The molecule has 0 atom stereocenters. The standard InChI is InChI=1S/C19H13I2N3O2/c20-13-5-1-3-7-15(13)23-18(25)12-9-10-17(22-11-12)19(26)24-16-8-4-2-6-14(16)21/h1-11H,(H,23,25)(H,24,26). The molecule has 1 aromatic heterocycles. The van der Waals surface area contributed by atoms with Crippen LogP contribution in [0.2, 0.25) is 0 Å². The van der Waals surface area contributed by atoms with Crippen molar-refractivity contribution in [3.8, 4) is 0 Å². The molecule has 0 saturated heterocycles. The molecule has 0 aliphatic rings. The van der Waals surface area contributed by atoms with Crippen LogP contribution in [0, 0.1) is 7.14 Å². The van der Waals surface area contributed by atoms with Crippen molar-refractivity contribution in [2.75, 3.05) is 10.6 Å². The maximum absolute atomic E-state index is 12.3. The van der Waals surface area contributed by atoms with Gasteiger partial charge >= 0.3 is 0 Å². The summed E-state index contributed by atoms with van der Waals surface area (Å²) in [5, 5.41) is 5.65. The lowest BCUT2D eigenvalue weighted by atomic mass is 10.2. The number of aromatic nitrogens is 1. The quantitative estimate of drug-likeness (QED) is 0.444. The van der Waals surface area contributed by atoms with Gasteiger partial charge in [-0.05, 0) is 81.6 Å². The number of rotatable bonds is 4. The maximum atomic E-state index is 12.3. The number of nitrogens with one attached hydrogen (secondary N) is 2. The second-order valence-corrected chi connectivity index (χ2v) is 7.62. The highest BCUT2D eigenvalue weighted by atomic mass is 127. The molecule has 0 aliphatic heterocycles. The van der Waals surface area contributed by atoms with Gasteiger partial charge in [-0.2, -0.15) is 0 Å². The van der Waals surface area contributed by atoms with E-state index in [0.717, 1.165) is 18.5 Å². The molecular formula is C19H13I2N3O2. The second kappa shape index (κ2) is 8.58. The van der Waals surface area contributed by atoms with Crippen LogP contribution in [0.15, 0.2) is 66.9 Å². The van der Waals surface area contributed by atoms with E-state index in [1.165, 1.54) is 12.3 Å². The first kappa shape index (κ1) is 18.8. The molecule has 0 saturated carbocycles. The molecule has 0 radical (unpaired) electrons. The highest BCUT2D eigenvalue weighted by Crippen LogP contribution is 2.19. The van der Waals surface area contributed by atoms with Crippen LogP contribution < -0.4 is 10.6 Å². The molecule has 0 spiro atoms. The lowest BCUT2D eigenvalue weighted by Gasteiger charge is -2.08. The summed E-state index contributed by atoms with van der Waals surface area (Å²) in [6.07, 6.45) is 1.40. The number of halogens is 2. The summed E-state index contributed by atoms with van der Waals surface area (Å²) in [6.45, 7) is 0. The monoisotopic (exact) mass is 569 g/mol. The van der Waals surface area contributed by atoms with E-state index >= 15 is 0 Å². The van der Waals surface area contributed by atoms with Crippen molar-refractivity contribution in [2.45, 2.75) is 0 Å². The van der Waals surface area contributed by atoms with E-state index in [2.05, 4.69) is 60.8 Å². The fourth-order valence-electron chi connectivity index (χ4n) is 2.17. The van der Waals surface area contributed by atoms with Crippen molar-refractivity contribution in [3.63, 3.8) is 0 Å². The topological polar surface area (TPSA) is 71.1 Å². The Kier molecular flexibility index (Phi) is 6.20. The number of carbonyl (C=O) groups is 2. The van der Waals surface area contributed by atoms with Gasteiger partial charge in [-0.25, -0.2) is 0 Å². The van der Waals surface area contributed by atoms with Gasteiger partial charge in [-0.1, -0.05) is 24.3 Å². The lowest BCUT2D eigenvalue weighted by Crippen LogP contribution is -2.16. The predicted octanol–water partition coefficient (Wildman–Crippen LogP) is 4.80. The van der Waals surface area contributed by atoms with Gasteiger partial charge in [0.05, 0.1) is 16.9 Å². The summed E-state index contributed by atoms with van der Waals surface area (Å²) >= 11 is 4.31. The minimum absolute atomic E-state index is 0.246. The molecule has 2 amide bonds. The van der Waals surface area contributed by atoms with Crippen LogP contribution in [0.4, 0.5) is 11.4 Å². The Morgan fingerprint density at radius 3 is 1.77 bits per heavy atom. The molecule has 130 valence electrons. The third kappa shape index (κ3) is 4.58. The molecule has 0 fully saturated rings. The van der Waals surface area contributed by atoms with Gasteiger partial charge < -0.3 is 10.6 Å². The Labute approximate surface area is 177 Å². The number of hydrogen-bond donors (Lipinski definition) is 2. The molecule has 2 N–H and O–H groups in total. The number of hydrogen-bond acceptors (Lipinski definition) is 3. The fraction of sp³-hybridized carbons (Fsp3) is 0. The van der Waals surface area contributed by atoms with Crippen molar-refractivity contribution in [2.24, 2.45) is 0 Å². The van der Waals surface area contributed by atoms with E-state index in [1.807, 2.05) is 48.5 Å². The minimum atomic E-state index is -0.321. The van der Waals surface area contributed by atoms with Crippen LogP contribution in [-0.2, 0) is 0 Å². The molecule has 1 heterocycles. The third-order valence-electron chi connectivity index (χ3n) is 3.50. The highest BCUT2D eigenvalue weighted by Gasteiger charge is 2.12. The normalized spacial score (nSPS) is 10.2. The highest BCUT2D eigenvalue weighted by molar-refractivity contribution is 14.1. The summed E-state index contributed by atoms with van der Waals surface area (Å²) < 4.78 is 1.88. The van der Waals surface area contributed by atoms with Gasteiger partial charge in [-0.3, -0.25) is 14.6 Å². The van der Waals surface area contributed by atoms with Crippen LogP contribution in [0.1, 0.15) is 20.8 Å². The molecule has 3 rings (SSSR count). The molecule has 0 unspecified atom stereocenters. The summed E-state index contributed by atoms with van der Waals surface area (Å²) in [6, 6.07) is 18.1. The summed E-state index contributed by atoms with van der Waals surface area (Å²) in [5.41, 5.74) is 2.09. The van der Waals surface area contributed by atoms with E-state index in [0.29, 0.717) is 5.56 Å². The number of carbonyl (C=O) groups excluding carboxylic acids is 2. The van der Waals surface area contributed by atoms with Crippen LogP contribution in [0.5, 0.6) is 0 Å². The first-order valence-electron chi connectivity index (χ1n) is 7.62. The van der Waals surface area contributed by atoms with E-state index in [1.54, 1.807) is 6.07 Å². The number of anilines is 2. The van der Waals surface area contributed by atoms with Gasteiger partial charge in [-0.15, -0.1) is 0 Å². The van der Waals surface area contributed by atoms with Gasteiger partial charge in [0.1, 0.15) is 5.69 Å². The molecular weight excluding hydrogens is 556 g/mol. The molecule has 3 aromatic rings. The van der Waals surface area contributed by atoms with Gasteiger partial charge in [0, 0.05) is 13.3 Å². The Bertz CT molecular complexity index is 881. The Morgan fingerprint density at radius 2 is 1.27 bits per heavy atom. The van der Waals surface area contributed by atoms with Crippen LogP contribution in [0.25, 0.3) is 0 Å². The zero-order chi connectivity index (χ0) is 18.5. The van der Waals surface area contributed by atoms with Crippen molar-refractivity contribution in [1.82, 2.24) is 4.98 Å². The van der Waals surface area contributed by atoms with E-state index in [4.69, 9.17) is 0 Å². The SMILES string of the molecule is O=C(Nc1ccccc1I)c1ccc(C(=O)Nc2ccccc2I)nc1. The average Bonchev–Trinajstić information content (AvgIpc) is 2.65. The molecule has 2 aromatic carbocycles. The molecule has 7 heteroatoms. The van der Waals surface area contributed by atoms with Crippen LogP contribution in [-0.4, -0.2) is 16.8 Å². The van der Waals surface area contributed by atoms with Crippen molar-refractivity contribution in [1.29, 1.82) is 0 Å². The van der Waals surface area contributed by atoms with Crippen LogP contribution >= 0.6 is 45.2 Å². The number of amides is 2. The van der Waals surface area contributed by atoms with Gasteiger partial charge in [0.25, 0.3) is 11.8 Å². The first-order valence-corrected chi connectivity index (χ1v) is 9.78. The smallest absolute Gasteiger partial charge is 0.274 e. The van der Waals surface area contributed by atoms with E-state index in [-0.39, 0.29) is 17.5 Å². The summed E-state index contributed by atoms with van der Waals surface area (Å²) in [4.78, 5) is 28.7. The predicted molar refractivity (Wildman–Crippen MR) is 118 cm³/mol. The molecule has 0 bridgehead atoms. The second-order valence-electron chi connectivity index (χ2n) is 5.30. The molecule has 0 aliphatic carbocycles. The number of nitrogens with zero attached hydrogens (tertiary/aromatic N) is 1. The largest absolute Gasteiger partial charge is 0.321 e. The Hall–Kier alpha value is -2.01. The maximum Gasteiger partial charge on any atom is 0.274 e. The Morgan fingerprint density at radius 1 is 0.731 bits per heavy atom. The molecule has 5 nitrogen and oxygen atoms in total. The summed E-state index contributed by atoms with van der Waals surface area (Å²) in [5.74, 6) is -0.593. The van der Waals surface area contributed by atoms with Crippen molar-refractivity contribution < 1.29 is 9.59 Å². The minimum Gasteiger partial charge on any atom is -0.321 e. The average molecular weight is 569 g/mol.